The number of amides is 2. The lowest BCUT2D eigenvalue weighted by atomic mass is 9.89. The van der Waals surface area contributed by atoms with Crippen LogP contribution in [-0.4, -0.2) is 52.8 Å². The number of piperidine rings is 1. The van der Waals surface area contributed by atoms with Gasteiger partial charge < -0.3 is 9.80 Å². The Morgan fingerprint density at radius 2 is 1.50 bits per heavy atom. The van der Waals surface area contributed by atoms with E-state index in [9.17, 15) is 9.59 Å². The van der Waals surface area contributed by atoms with Crippen LogP contribution in [-0.2, 0) is 6.42 Å². The Morgan fingerprint density at radius 3 is 2.25 bits per heavy atom. The molecule has 2 fully saturated rings. The fraction of sp³-hybridized carbons (Fsp3) is 0.370. The van der Waals surface area contributed by atoms with Crippen LogP contribution in [0.2, 0.25) is 0 Å². The molecule has 0 atom stereocenters. The van der Waals surface area contributed by atoms with E-state index in [1.807, 2.05) is 52.3 Å². The minimum atomic E-state index is 0.0324. The Labute approximate surface area is 189 Å². The van der Waals surface area contributed by atoms with Gasteiger partial charge in [0.1, 0.15) is 5.69 Å². The molecule has 0 saturated carbocycles. The third-order valence-corrected chi connectivity index (χ3v) is 6.90. The molecule has 0 unspecified atom stereocenters. The van der Waals surface area contributed by atoms with Crippen LogP contribution >= 0.6 is 0 Å². The Morgan fingerprint density at radius 1 is 0.812 bits per heavy atom. The van der Waals surface area contributed by atoms with E-state index in [1.165, 1.54) is 5.56 Å². The van der Waals surface area contributed by atoms with Crippen molar-refractivity contribution >= 4 is 22.6 Å². The molecule has 5 heteroatoms. The van der Waals surface area contributed by atoms with Gasteiger partial charge in [-0.15, -0.1) is 0 Å². The van der Waals surface area contributed by atoms with Crippen LogP contribution in [0, 0.1) is 5.92 Å². The molecule has 0 N–H and O–H groups in total. The fourth-order valence-electron chi connectivity index (χ4n) is 5.00. The number of fused-ring (bicyclic) bond motifs is 1. The molecular formula is C27H29N3O2. The zero-order valence-electron chi connectivity index (χ0n) is 18.4. The van der Waals surface area contributed by atoms with Crippen molar-refractivity contribution in [1.29, 1.82) is 0 Å². The molecule has 2 aromatic carbocycles. The summed E-state index contributed by atoms with van der Waals surface area (Å²) in [6, 6.07) is 18.0. The van der Waals surface area contributed by atoms with Gasteiger partial charge in [0.05, 0.1) is 0 Å². The fourth-order valence-corrected chi connectivity index (χ4v) is 5.00. The molecule has 1 aromatic heterocycles. The molecule has 0 spiro atoms. The minimum absolute atomic E-state index is 0.0324. The normalized spacial score (nSPS) is 17.1. The summed E-state index contributed by atoms with van der Waals surface area (Å²) in [5, 5.41) is 1.97. The largest absolute Gasteiger partial charge is 0.339 e. The number of pyridine rings is 1. The van der Waals surface area contributed by atoms with E-state index in [1.54, 1.807) is 6.20 Å². The highest BCUT2D eigenvalue weighted by Crippen LogP contribution is 2.25. The Kier molecular flexibility index (Phi) is 5.89. The molecule has 2 amide bonds. The van der Waals surface area contributed by atoms with E-state index in [-0.39, 0.29) is 11.8 Å². The molecule has 5 nitrogen and oxygen atoms in total. The maximum absolute atomic E-state index is 13.1. The second-order valence-corrected chi connectivity index (χ2v) is 9.02. The summed E-state index contributed by atoms with van der Waals surface area (Å²) < 4.78 is 0. The number of rotatable bonds is 4. The Hall–Kier alpha value is -3.21. The number of aromatic nitrogens is 1. The van der Waals surface area contributed by atoms with E-state index in [0.717, 1.165) is 74.6 Å². The molecule has 3 heterocycles. The second-order valence-electron chi connectivity index (χ2n) is 9.02. The smallest absolute Gasteiger partial charge is 0.273 e. The summed E-state index contributed by atoms with van der Waals surface area (Å²) in [6.45, 7) is 3.29. The van der Waals surface area contributed by atoms with Crippen molar-refractivity contribution in [3.8, 4) is 0 Å². The SMILES string of the molecule is O=C(c1ccc(CC2CCN(C(=O)c3nccc4ccccc34)CC2)cc1)N1CCCC1. The van der Waals surface area contributed by atoms with E-state index in [2.05, 4.69) is 17.1 Å². The average molecular weight is 428 g/mol. The van der Waals surface area contributed by atoms with Gasteiger partial charge in [-0.1, -0.05) is 36.4 Å². The van der Waals surface area contributed by atoms with Crippen molar-refractivity contribution < 1.29 is 9.59 Å². The molecule has 2 aliphatic heterocycles. The molecule has 32 heavy (non-hydrogen) atoms. The third kappa shape index (κ3) is 4.24. The number of hydrogen-bond acceptors (Lipinski definition) is 3. The van der Waals surface area contributed by atoms with Gasteiger partial charge in [0, 0.05) is 43.3 Å². The van der Waals surface area contributed by atoms with Gasteiger partial charge in [-0.3, -0.25) is 14.6 Å². The molecule has 5 rings (SSSR count). The van der Waals surface area contributed by atoms with Crippen molar-refractivity contribution in [3.63, 3.8) is 0 Å². The van der Waals surface area contributed by atoms with E-state index in [0.29, 0.717) is 11.6 Å². The van der Waals surface area contributed by atoms with Gasteiger partial charge in [-0.25, -0.2) is 0 Å². The maximum Gasteiger partial charge on any atom is 0.273 e. The maximum atomic E-state index is 13.1. The van der Waals surface area contributed by atoms with Gasteiger partial charge in [-0.05, 0) is 67.2 Å². The first-order valence-electron chi connectivity index (χ1n) is 11.7. The molecule has 2 saturated heterocycles. The minimum Gasteiger partial charge on any atom is -0.339 e. The first-order valence-corrected chi connectivity index (χ1v) is 11.7. The number of nitrogens with zero attached hydrogens (tertiary/aromatic N) is 3. The highest BCUT2D eigenvalue weighted by Gasteiger charge is 2.26. The summed E-state index contributed by atoms with van der Waals surface area (Å²) in [6.07, 6.45) is 6.92. The lowest BCUT2D eigenvalue weighted by Crippen LogP contribution is -2.39. The number of carbonyl (C=O) groups excluding carboxylic acids is 2. The average Bonchev–Trinajstić information content (AvgIpc) is 3.39. The molecule has 0 bridgehead atoms. The van der Waals surface area contributed by atoms with Crippen LogP contribution in [0.4, 0.5) is 0 Å². The summed E-state index contributed by atoms with van der Waals surface area (Å²) in [5.41, 5.74) is 2.61. The number of hydrogen-bond donors (Lipinski definition) is 0. The highest BCUT2D eigenvalue weighted by molar-refractivity contribution is 6.05. The summed E-state index contributed by atoms with van der Waals surface area (Å²) >= 11 is 0. The van der Waals surface area contributed by atoms with Gasteiger partial charge in [0.15, 0.2) is 0 Å². The molecule has 0 aliphatic carbocycles. The van der Waals surface area contributed by atoms with Crippen LogP contribution in [0.15, 0.2) is 60.8 Å². The van der Waals surface area contributed by atoms with Crippen molar-refractivity contribution in [2.75, 3.05) is 26.2 Å². The lowest BCUT2D eigenvalue weighted by Gasteiger charge is -2.32. The molecule has 2 aliphatic rings. The van der Waals surface area contributed by atoms with Crippen molar-refractivity contribution in [3.05, 3.63) is 77.6 Å². The van der Waals surface area contributed by atoms with Crippen LogP contribution in [0.3, 0.4) is 0 Å². The van der Waals surface area contributed by atoms with E-state index < -0.39 is 0 Å². The second kappa shape index (κ2) is 9.11. The monoisotopic (exact) mass is 427 g/mol. The van der Waals surface area contributed by atoms with Gasteiger partial charge in [0.2, 0.25) is 0 Å². The lowest BCUT2D eigenvalue weighted by molar-refractivity contribution is 0.0686. The first-order chi connectivity index (χ1) is 15.7. The zero-order chi connectivity index (χ0) is 21.9. The first kappa shape index (κ1) is 20.7. The van der Waals surface area contributed by atoms with Crippen LogP contribution in [0.5, 0.6) is 0 Å². The van der Waals surface area contributed by atoms with E-state index >= 15 is 0 Å². The summed E-state index contributed by atoms with van der Waals surface area (Å²) in [4.78, 5) is 33.9. The van der Waals surface area contributed by atoms with Gasteiger partial charge in [0.25, 0.3) is 11.8 Å². The zero-order valence-corrected chi connectivity index (χ0v) is 18.4. The molecule has 3 aromatic rings. The quantitative estimate of drug-likeness (QED) is 0.613. The van der Waals surface area contributed by atoms with Gasteiger partial charge >= 0.3 is 0 Å². The van der Waals surface area contributed by atoms with Crippen molar-refractivity contribution in [1.82, 2.24) is 14.8 Å². The van der Waals surface area contributed by atoms with Gasteiger partial charge in [-0.2, -0.15) is 0 Å². The Balaban J connectivity index is 1.18. The van der Waals surface area contributed by atoms with Crippen LogP contribution < -0.4 is 0 Å². The molecule has 164 valence electrons. The highest BCUT2D eigenvalue weighted by atomic mass is 16.2. The summed E-state index contributed by atoms with van der Waals surface area (Å²) in [7, 11) is 0. The predicted molar refractivity (Wildman–Crippen MR) is 126 cm³/mol. The van der Waals surface area contributed by atoms with E-state index in [4.69, 9.17) is 0 Å². The number of likely N-dealkylation sites (tertiary alicyclic amines) is 2. The topological polar surface area (TPSA) is 53.5 Å². The Bertz CT molecular complexity index is 1110. The number of benzene rings is 2. The predicted octanol–water partition coefficient (Wildman–Crippen LogP) is 4.57. The third-order valence-electron chi connectivity index (χ3n) is 6.90. The standard InChI is InChI=1S/C27H29N3O2/c31-26(29-15-3-4-16-29)23-9-7-20(8-10-23)19-21-12-17-30(18-13-21)27(32)25-24-6-2-1-5-22(24)11-14-28-25/h1-2,5-11,14,21H,3-4,12-13,15-19H2. The molecule has 0 radical (unpaired) electrons. The summed E-state index contributed by atoms with van der Waals surface area (Å²) in [5.74, 6) is 0.743. The van der Waals surface area contributed by atoms with Crippen molar-refractivity contribution in [2.45, 2.75) is 32.1 Å². The number of carbonyl (C=O) groups is 2. The molecular weight excluding hydrogens is 398 g/mol. The van der Waals surface area contributed by atoms with Crippen molar-refractivity contribution in [2.24, 2.45) is 5.92 Å². The van der Waals surface area contributed by atoms with Crippen LogP contribution in [0.25, 0.3) is 10.8 Å². The van der Waals surface area contributed by atoms with Crippen LogP contribution in [0.1, 0.15) is 52.1 Å².